The topological polar surface area (TPSA) is 181 Å². The van der Waals surface area contributed by atoms with Crippen LogP contribution >= 0.6 is 151 Å². The molecular weight excluding hydrogens is 803 g/mol. The number of nitrogens with two attached hydrogens (primary N) is 2. The Labute approximate surface area is 285 Å². The molecule has 1 atom stereocenters. The van der Waals surface area contributed by atoms with Crippen molar-refractivity contribution < 1.29 is 29.1 Å². The number of benzene rings is 1. The van der Waals surface area contributed by atoms with Crippen LogP contribution in [0.5, 0.6) is 0 Å². The Morgan fingerprint density at radius 1 is 0.718 bits per heavy atom. The average Bonchev–Trinajstić information content (AvgIpc) is 2.76. The molecule has 0 heterocycles. The standard InChI is InChI=1S/C9H8Cl3NO2.C3H2Cl3NO2.C3Cl3NO.C2Cl4O/c10-9(11,12)8(15,7(13)14)6-4-2-1-3-5-6;4-3(5,6)1(8)2(7)9;4-3(5,6)2(8)1-7;3-1(7)2(4,5)6/h1-5,15H,(H2,13,14);(H2,7,9);;. The maximum atomic E-state index is 11.2. The van der Waals surface area contributed by atoms with Crippen molar-refractivity contribution in [1.82, 2.24) is 0 Å². The third kappa shape index (κ3) is 17.8. The number of amides is 2. The second-order valence-electron chi connectivity index (χ2n) is 5.84. The van der Waals surface area contributed by atoms with E-state index in [4.69, 9.17) is 162 Å². The Morgan fingerprint density at radius 3 is 1.21 bits per heavy atom. The van der Waals surface area contributed by atoms with E-state index in [0.29, 0.717) is 0 Å². The van der Waals surface area contributed by atoms with E-state index < -0.39 is 49.4 Å². The number of halogens is 13. The van der Waals surface area contributed by atoms with Crippen LogP contribution in [0.15, 0.2) is 30.3 Å². The second kappa shape index (κ2) is 18.1. The first-order valence-electron chi connectivity index (χ1n) is 8.41. The van der Waals surface area contributed by atoms with Gasteiger partial charge in [-0.05, 0) is 17.2 Å². The summed E-state index contributed by atoms with van der Waals surface area (Å²) in [6, 6.07) is 8.96. The highest BCUT2D eigenvalue weighted by molar-refractivity contribution is 6.88. The van der Waals surface area contributed by atoms with E-state index in [0.717, 1.165) is 0 Å². The minimum atomic E-state index is -2.33. The van der Waals surface area contributed by atoms with E-state index >= 15 is 0 Å². The maximum Gasteiger partial charge on any atom is 0.289 e. The third-order valence-electron chi connectivity index (χ3n) is 3.02. The summed E-state index contributed by atoms with van der Waals surface area (Å²) in [5.41, 5.74) is 7.33. The molecule has 1 aromatic carbocycles. The van der Waals surface area contributed by atoms with Gasteiger partial charge < -0.3 is 16.6 Å². The smallest absolute Gasteiger partial charge is 0.289 e. The summed E-state index contributed by atoms with van der Waals surface area (Å²) in [7, 11) is 0. The molecule has 1 rings (SSSR count). The molecule has 22 heteroatoms. The first-order chi connectivity index (χ1) is 17.1. The fourth-order valence-electron chi connectivity index (χ4n) is 1.33. The molecule has 0 spiro atoms. The zero-order valence-electron chi connectivity index (χ0n) is 17.9. The van der Waals surface area contributed by atoms with Gasteiger partial charge >= 0.3 is 0 Å². The van der Waals surface area contributed by atoms with Crippen molar-refractivity contribution in [3.8, 4) is 6.07 Å². The molecule has 0 saturated carbocycles. The fourth-order valence-corrected chi connectivity index (χ4v) is 2.34. The predicted octanol–water partition coefficient (Wildman–Crippen LogP) is 5.71. The van der Waals surface area contributed by atoms with Crippen LogP contribution in [0.3, 0.4) is 0 Å². The van der Waals surface area contributed by atoms with Gasteiger partial charge in [0.05, 0.1) is 0 Å². The lowest BCUT2D eigenvalue weighted by molar-refractivity contribution is -0.136. The number of ketones is 2. The molecular formula is C17H10Cl13N3O6. The summed E-state index contributed by atoms with van der Waals surface area (Å²) in [5.74, 6) is -4.67. The number of hydrogen-bond acceptors (Lipinski definition) is 7. The van der Waals surface area contributed by atoms with E-state index in [1.165, 1.54) is 18.2 Å². The highest BCUT2D eigenvalue weighted by Crippen LogP contribution is 2.44. The van der Waals surface area contributed by atoms with Crippen LogP contribution in [0, 0.1) is 11.3 Å². The zero-order chi connectivity index (χ0) is 32.2. The molecule has 5 N–H and O–H groups in total. The molecule has 39 heavy (non-hydrogen) atoms. The molecule has 0 bridgehead atoms. The van der Waals surface area contributed by atoms with Crippen molar-refractivity contribution in [1.29, 1.82) is 5.26 Å². The van der Waals surface area contributed by atoms with Crippen molar-refractivity contribution in [3.05, 3.63) is 35.9 Å². The van der Waals surface area contributed by atoms with Crippen LogP contribution in [-0.4, -0.2) is 48.9 Å². The van der Waals surface area contributed by atoms with Crippen LogP contribution in [0.4, 0.5) is 0 Å². The number of alkyl halides is 12. The Balaban J connectivity index is -0.000000470. The number of Topliss-reactive ketones (excluding diaryl/α,β-unsaturated/α-hetero) is 2. The van der Waals surface area contributed by atoms with Gasteiger partial charge in [0.2, 0.25) is 9.39 Å². The van der Waals surface area contributed by atoms with Crippen LogP contribution in [0.2, 0.25) is 0 Å². The van der Waals surface area contributed by atoms with Crippen molar-refractivity contribution in [2.75, 3.05) is 0 Å². The molecule has 0 radical (unpaired) electrons. The summed E-state index contributed by atoms with van der Waals surface area (Å²) in [6.07, 6.45) is 0. The number of rotatable bonds is 3. The Bertz CT molecular complexity index is 1060. The zero-order valence-corrected chi connectivity index (χ0v) is 27.7. The lowest BCUT2D eigenvalue weighted by Gasteiger charge is -2.31. The van der Waals surface area contributed by atoms with Gasteiger partial charge in [0.1, 0.15) is 6.07 Å². The van der Waals surface area contributed by atoms with E-state index in [1.807, 2.05) is 0 Å². The number of carbonyl (C=O) groups excluding carboxylic acids is 5. The number of aliphatic hydroxyl groups is 1. The number of nitriles is 1. The molecule has 0 saturated heterocycles. The van der Waals surface area contributed by atoms with Crippen LogP contribution in [0.25, 0.3) is 0 Å². The van der Waals surface area contributed by atoms with E-state index in [1.54, 1.807) is 18.2 Å². The SMILES string of the molecule is N#CC(=O)C(Cl)(Cl)Cl.NC(=O)C(=O)C(Cl)(Cl)Cl.NC(=O)C(O)(c1ccccc1)C(Cl)(Cl)Cl.O=C(Cl)C(Cl)(Cl)Cl. The molecule has 2 amide bonds. The first-order valence-corrected chi connectivity index (χ1v) is 13.3. The van der Waals surface area contributed by atoms with Crippen LogP contribution < -0.4 is 11.5 Å². The van der Waals surface area contributed by atoms with Gasteiger partial charge in [-0.3, -0.25) is 24.0 Å². The van der Waals surface area contributed by atoms with Gasteiger partial charge in [0.25, 0.3) is 40.0 Å². The van der Waals surface area contributed by atoms with Crippen molar-refractivity contribution >= 4 is 179 Å². The summed E-state index contributed by atoms with van der Waals surface area (Å²) in [5, 5.41) is 16.9. The lowest BCUT2D eigenvalue weighted by atomic mass is 9.95. The normalized spacial score (nSPS) is 12.7. The molecule has 0 aromatic heterocycles. The Hall–Kier alpha value is 0.390. The van der Waals surface area contributed by atoms with Gasteiger partial charge in [-0.1, -0.05) is 170 Å². The predicted molar refractivity (Wildman–Crippen MR) is 156 cm³/mol. The summed E-state index contributed by atoms with van der Waals surface area (Å²) in [6.45, 7) is 0. The number of hydrogen-bond donors (Lipinski definition) is 3. The number of primary amides is 2. The second-order valence-corrected chi connectivity index (χ2v) is 15.3. The van der Waals surface area contributed by atoms with Crippen molar-refractivity contribution in [2.24, 2.45) is 11.5 Å². The molecule has 0 aliphatic carbocycles. The summed E-state index contributed by atoms with van der Waals surface area (Å²) in [4.78, 5) is 51.4. The summed E-state index contributed by atoms with van der Waals surface area (Å²) < 4.78 is -8.47. The Kier molecular flexibility index (Phi) is 20.4. The monoisotopic (exact) mass is 807 g/mol. The largest absolute Gasteiger partial charge is 0.372 e. The van der Waals surface area contributed by atoms with Gasteiger partial charge in [-0.2, -0.15) is 5.26 Å². The molecule has 1 unspecified atom stereocenters. The highest BCUT2D eigenvalue weighted by Gasteiger charge is 2.53. The van der Waals surface area contributed by atoms with Gasteiger partial charge in [-0.15, -0.1) is 0 Å². The number of carbonyl (C=O) groups is 5. The fraction of sp³-hybridized carbons (Fsp3) is 0.294. The van der Waals surface area contributed by atoms with E-state index in [-0.39, 0.29) is 5.56 Å². The molecule has 0 aliphatic rings. The quantitative estimate of drug-likeness (QED) is 0.151. The van der Waals surface area contributed by atoms with Crippen molar-refractivity contribution in [2.45, 2.75) is 20.8 Å². The number of nitrogens with zero attached hydrogens (tertiary/aromatic N) is 1. The highest BCUT2D eigenvalue weighted by atomic mass is 35.6. The van der Waals surface area contributed by atoms with Gasteiger partial charge in [-0.25, -0.2) is 0 Å². The maximum absolute atomic E-state index is 11.2. The molecule has 0 fully saturated rings. The van der Waals surface area contributed by atoms with Crippen LogP contribution in [0.1, 0.15) is 5.56 Å². The molecule has 1 aromatic rings. The third-order valence-corrected chi connectivity index (χ3v) is 5.96. The summed E-state index contributed by atoms with van der Waals surface area (Å²) >= 11 is 65.8. The lowest BCUT2D eigenvalue weighted by Crippen LogP contribution is -2.51. The first kappa shape index (κ1) is 43.8. The molecule has 9 nitrogen and oxygen atoms in total. The van der Waals surface area contributed by atoms with Gasteiger partial charge in [0.15, 0.2) is 0 Å². The van der Waals surface area contributed by atoms with Gasteiger partial charge in [0, 0.05) is 0 Å². The van der Waals surface area contributed by atoms with Crippen molar-refractivity contribution in [3.63, 3.8) is 0 Å². The molecule has 0 aliphatic heterocycles. The minimum absolute atomic E-state index is 0.137. The van der Waals surface area contributed by atoms with Crippen LogP contribution in [-0.2, 0) is 29.6 Å². The Morgan fingerprint density at radius 2 is 1.08 bits per heavy atom. The van der Waals surface area contributed by atoms with E-state index in [2.05, 4.69) is 5.73 Å². The molecule has 220 valence electrons. The average molecular weight is 813 g/mol. The van der Waals surface area contributed by atoms with E-state index in [9.17, 15) is 29.1 Å². The minimum Gasteiger partial charge on any atom is -0.372 e.